The Labute approximate surface area is 82.6 Å². The first kappa shape index (κ1) is 10.9. The molecule has 1 aliphatic heterocycles. The van der Waals surface area contributed by atoms with Crippen molar-refractivity contribution in [2.75, 3.05) is 6.23 Å². The lowest BCUT2D eigenvalue weighted by Crippen LogP contribution is -2.65. The van der Waals surface area contributed by atoms with Crippen LogP contribution in [0.25, 0.3) is 0 Å². The van der Waals surface area contributed by atoms with Gasteiger partial charge >= 0.3 is 0 Å². The summed E-state index contributed by atoms with van der Waals surface area (Å²) in [6.45, 7) is 4.61. The second-order valence-corrected chi connectivity index (χ2v) is 30.3. The predicted octanol–water partition coefficient (Wildman–Crippen LogP) is -1.95. The van der Waals surface area contributed by atoms with Crippen LogP contribution in [-0.4, -0.2) is 45.9 Å². The molecule has 0 amide bonds. The Morgan fingerprint density at radius 2 is 2.33 bits per heavy atom. The van der Waals surface area contributed by atoms with Gasteiger partial charge in [-0.3, -0.25) is 0 Å². The van der Waals surface area contributed by atoms with Crippen molar-refractivity contribution in [3.63, 3.8) is 0 Å². The van der Waals surface area contributed by atoms with E-state index in [0.717, 1.165) is 0 Å². The normalized spacial score (nSPS) is 39.2. The second kappa shape index (κ2) is 4.87. The van der Waals surface area contributed by atoms with E-state index in [4.69, 9.17) is 10.2 Å². The monoisotopic (exact) mass is 235 g/mol. The van der Waals surface area contributed by atoms with Gasteiger partial charge in [0.2, 0.25) is 0 Å². The van der Waals surface area contributed by atoms with Crippen LogP contribution in [-0.2, 0) is 4.43 Å². The van der Waals surface area contributed by atoms with Crippen molar-refractivity contribution in [2.45, 2.75) is 32.0 Å². The number of nitrogens with two attached hydrogens (primary N) is 1. The summed E-state index contributed by atoms with van der Waals surface area (Å²) in [6, 6.07) is 1.41. The standard InChI is InChI=1S/C6H21NOSi4/c1-3-6(7)12(4-2)5-8-9-10-11-12/h6H,3-5,7,9-11H2,1-2H3. The van der Waals surface area contributed by atoms with E-state index in [1.54, 1.807) is 0 Å². The van der Waals surface area contributed by atoms with E-state index in [1.807, 2.05) is 0 Å². The zero-order valence-electron chi connectivity index (χ0n) is 8.31. The molecule has 1 saturated heterocycles. The molecule has 0 saturated carbocycles. The molecule has 2 N–H and O–H groups in total. The summed E-state index contributed by atoms with van der Waals surface area (Å²) in [7, 11) is -0.173. The van der Waals surface area contributed by atoms with Crippen LogP contribution in [0, 0.1) is 0 Å². The van der Waals surface area contributed by atoms with Crippen LogP contribution in [0.5, 0.6) is 0 Å². The molecule has 0 aromatic carbocycles. The van der Waals surface area contributed by atoms with Crippen LogP contribution in [0.15, 0.2) is 0 Å². The Balaban J connectivity index is 2.59. The van der Waals surface area contributed by atoms with Gasteiger partial charge in [-0.25, -0.2) is 0 Å². The summed E-state index contributed by atoms with van der Waals surface area (Å²) in [5.74, 6) is 0. The minimum absolute atomic E-state index is 0.0705. The van der Waals surface area contributed by atoms with Gasteiger partial charge in [0.1, 0.15) is 9.28 Å². The fourth-order valence-corrected chi connectivity index (χ4v) is 57.5. The molecular weight excluding hydrogens is 214 g/mol. The van der Waals surface area contributed by atoms with Crippen LogP contribution in [0.3, 0.4) is 0 Å². The third-order valence-corrected chi connectivity index (χ3v) is 43.7. The topological polar surface area (TPSA) is 35.2 Å². The predicted molar refractivity (Wildman–Crippen MR) is 66.1 cm³/mol. The summed E-state index contributed by atoms with van der Waals surface area (Å²) >= 11 is 0. The molecule has 0 aromatic heterocycles. The molecule has 0 spiro atoms. The highest BCUT2D eigenvalue weighted by Crippen LogP contribution is 2.16. The van der Waals surface area contributed by atoms with Gasteiger partial charge in [-0.05, 0) is 12.1 Å². The van der Waals surface area contributed by atoms with E-state index in [2.05, 4.69) is 13.8 Å². The fraction of sp³-hybridized carbons (Fsp3) is 1.00. The van der Waals surface area contributed by atoms with Crippen LogP contribution < -0.4 is 5.73 Å². The van der Waals surface area contributed by atoms with Crippen molar-refractivity contribution < 1.29 is 4.43 Å². The molecule has 0 aromatic rings. The van der Waals surface area contributed by atoms with Gasteiger partial charge in [0.25, 0.3) is 0 Å². The number of rotatable bonds is 3. The molecule has 6 heteroatoms. The van der Waals surface area contributed by atoms with E-state index in [-0.39, 0.29) is 9.28 Å². The molecule has 1 heterocycles. The third kappa shape index (κ3) is 2.18. The fourth-order valence-electron chi connectivity index (χ4n) is 2.14. The first-order valence-electron chi connectivity index (χ1n) is 5.08. The molecule has 2 atom stereocenters. The number of hydrogen-bond acceptors (Lipinski definition) is 2. The van der Waals surface area contributed by atoms with Crippen LogP contribution in [0.4, 0.5) is 0 Å². The SMILES string of the molecule is CCC(N)[Si]1(CC)CO[SiH2][SiH2][SiH2]1. The molecule has 2 unspecified atom stereocenters. The lowest BCUT2D eigenvalue weighted by atomic mass is 10.5. The molecule has 2 nitrogen and oxygen atoms in total. The highest BCUT2D eigenvalue weighted by Gasteiger charge is 2.38. The molecular formula is C6H21NOSi4. The van der Waals surface area contributed by atoms with E-state index >= 15 is 0 Å². The Morgan fingerprint density at radius 1 is 1.58 bits per heavy atom. The molecule has 0 bridgehead atoms. The van der Waals surface area contributed by atoms with Gasteiger partial charge < -0.3 is 10.2 Å². The van der Waals surface area contributed by atoms with Gasteiger partial charge in [0.15, 0.2) is 0 Å². The summed E-state index contributed by atoms with van der Waals surface area (Å²) in [5.41, 5.74) is 6.83. The zero-order chi connectivity index (χ0) is 9.03. The van der Waals surface area contributed by atoms with Gasteiger partial charge in [-0.1, -0.05) is 19.9 Å². The molecule has 1 rings (SSSR count). The molecule has 1 aliphatic rings. The summed E-state index contributed by atoms with van der Waals surface area (Å²) in [6.07, 6.45) is 2.37. The van der Waals surface area contributed by atoms with Crippen molar-refractivity contribution in [1.82, 2.24) is 0 Å². The van der Waals surface area contributed by atoms with Gasteiger partial charge in [0, 0.05) is 23.3 Å². The molecule has 0 aliphatic carbocycles. The maximum atomic E-state index is 6.25. The quantitative estimate of drug-likeness (QED) is 0.577. The average molecular weight is 236 g/mol. The molecule has 72 valence electrons. The lowest BCUT2D eigenvalue weighted by Gasteiger charge is -2.38. The van der Waals surface area contributed by atoms with Crippen molar-refractivity contribution in [1.29, 1.82) is 0 Å². The van der Waals surface area contributed by atoms with Crippen molar-refractivity contribution in [3.8, 4) is 0 Å². The van der Waals surface area contributed by atoms with Gasteiger partial charge in [-0.2, -0.15) is 0 Å². The van der Waals surface area contributed by atoms with Crippen molar-refractivity contribution in [3.05, 3.63) is 0 Å². The third-order valence-electron chi connectivity index (χ3n) is 3.28. The first-order chi connectivity index (χ1) is 5.75. The smallest absolute Gasteiger partial charge is 0.139 e. The Bertz CT molecular complexity index is 140. The maximum absolute atomic E-state index is 6.25. The van der Waals surface area contributed by atoms with E-state index in [1.165, 1.54) is 18.7 Å². The summed E-state index contributed by atoms with van der Waals surface area (Å²) in [5, 5.41) is 0. The van der Waals surface area contributed by atoms with Gasteiger partial charge in [-0.15, -0.1) is 0 Å². The number of hydrogen-bond donors (Lipinski definition) is 1. The largest absolute Gasteiger partial charge is 0.432 e. The van der Waals surface area contributed by atoms with E-state index < -0.39 is 7.59 Å². The average Bonchev–Trinajstić information content (AvgIpc) is 2.17. The van der Waals surface area contributed by atoms with Crippen LogP contribution >= 0.6 is 0 Å². The lowest BCUT2D eigenvalue weighted by molar-refractivity contribution is 0.408. The Morgan fingerprint density at radius 3 is 2.75 bits per heavy atom. The molecule has 12 heavy (non-hydrogen) atoms. The zero-order valence-corrected chi connectivity index (χ0v) is 13.5. The second-order valence-electron chi connectivity index (χ2n) is 3.89. The van der Waals surface area contributed by atoms with Crippen LogP contribution in [0.2, 0.25) is 6.04 Å². The van der Waals surface area contributed by atoms with Crippen molar-refractivity contribution in [2.24, 2.45) is 5.73 Å². The van der Waals surface area contributed by atoms with Gasteiger partial charge in [0.05, 0.1) is 7.59 Å². The Kier molecular flexibility index (Phi) is 4.41. The van der Waals surface area contributed by atoms with E-state index in [0.29, 0.717) is 22.8 Å². The first-order valence-corrected chi connectivity index (χ1v) is 18.5. The molecule has 1 fully saturated rings. The minimum Gasteiger partial charge on any atom is -0.432 e. The van der Waals surface area contributed by atoms with E-state index in [9.17, 15) is 0 Å². The maximum Gasteiger partial charge on any atom is 0.139 e. The van der Waals surface area contributed by atoms with Crippen molar-refractivity contribution >= 4 is 34.0 Å². The minimum atomic E-state index is -0.969. The Hall–Kier alpha value is 0.788. The summed E-state index contributed by atoms with van der Waals surface area (Å²) < 4.78 is 5.82. The molecule has 0 radical (unpaired) electrons. The highest BCUT2D eigenvalue weighted by molar-refractivity contribution is 7.54. The highest BCUT2D eigenvalue weighted by atomic mass is 29.7. The summed E-state index contributed by atoms with van der Waals surface area (Å²) in [4.78, 5) is 0. The van der Waals surface area contributed by atoms with Crippen LogP contribution in [0.1, 0.15) is 20.3 Å².